The first-order valence-electron chi connectivity index (χ1n) is 9.25. The van der Waals surface area contributed by atoms with E-state index in [-0.39, 0.29) is 25.6 Å². The molecule has 1 aliphatic carbocycles. The number of nitrogens with zero attached hydrogens (tertiary/aromatic N) is 1. The molecule has 2 heterocycles. The van der Waals surface area contributed by atoms with Crippen molar-refractivity contribution in [1.82, 2.24) is 4.90 Å². The fourth-order valence-corrected chi connectivity index (χ4v) is 4.30. The smallest absolute Gasteiger partial charge is 0.410 e. The summed E-state index contributed by atoms with van der Waals surface area (Å²) in [6.45, 7) is 0.532. The number of morpholine rings is 1. The first-order chi connectivity index (χ1) is 13.6. The van der Waals surface area contributed by atoms with Gasteiger partial charge in [-0.3, -0.25) is 0 Å². The summed E-state index contributed by atoms with van der Waals surface area (Å²) in [6, 6.07) is 16.3. The number of amides is 1. The van der Waals surface area contributed by atoms with Crippen LogP contribution in [0.15, 0.2) is 48.5 Å². The first kappa shape index (κ1) is 17.2. The molecule has 2 aliphatic heterocycles. The van der Waals surface area contributed by atoms with Crippen LogP contribution in [0.4, 0.5) is 4.79 Å². The Labute approximate surface area is 161 Å². The molecule has 0 unspecified atom stereocenters. The number of carboxylic acids is 1. The second-order valence-electron chi connectivity index (χ2n) is 7.21. The van der Waals surface area contributed by atoms with Crippen molar-refractivity contribution in [3.63, 3.8) is 0 Å². The highest BCUT2D eigenvalue weighted by Crippen LogP contribution is 2.44. The maximum absolute atomic E-state index is 12.6. The van der Waals surface area contributed by atoms with Crippen molar-refractivity contribution in [2.75, 3.05) is 19.7 Å². The van der Waals surface area contributed by atoms with Gasteiger partial charge in [0.15, 0.2) is 12.4 Å². The van der Waals surface area contributed by atoms with Gasteiger partial charge >= 0.3 is 12.1 Å². The zero-order valence-electron chi connectivity index (χ0n) is 15.0. The lowest BCUT2D eigenvalue weighted by Crippen LogP contribution is -2.48. The van der Waals surface area contributed by atoms with Gasteiger partial charge in [0, 0.05) is 5.92 Å². The number of hydrogen-bond donors (Lipinski definition) is 1. The third-order valence-electron chi connectivity index (χ3n) is 5.57. The standard InChI is InChI=1S/C21H19NO6/c23-20(24)19-17-9-22(10-18(27-17)28-19)21(25)26-11-16-14-7-3-1-5-12(14)13-6-2-4-8-15(13)16/h1-8,16-19H,9-11H2,(H,23,24)/t17-,18-,19+/m1/s1. The van der Waals surface area contributed by atoms with Crippen LogP contribution in [-0.2, 0) is 19.0 Å². The summed E-state index contributed by atoms with van der Waals surface area (Å²) in [6.07, 6.45) is -2.91. The van der Waals surface area contributed by atoms with Crippen molar-refractivity contribution < 1.29 is 28.9 Å². The third-order valence-corrected chi connectivity index (χ3v) is 5.57. The van der Waals surface area contributed by atoms with Gasteiger partial charge in [-0.1, -0.05) is 48.5 Å². The van der Waals surface area contributed by atoms with Crippen molar-refractivity contribution >= 4 is 12.1 Å². The summed E-state index contributed by atoms with van der Waals surface area (Å²) < 4.78 is 16.4. The van der Waals surface area contributed by atoms with Gasteiger partial charge in [-0.05, 0) is 22.3 Å². The number of hydrogen-bond acceptors (Lipinski definition) is 5. The van der Waals surface area contributed by atoms with E-state index in [0.29, 0.717) is 0 Å². The lowest BCUT2D eigenvalue weighted by molar-refractivity contribution is -0.150. The molecule has 2 aromatic rings. The van der Waals surface area contributed by atoms with E-state index in [1.807, 2.05) is 24.3 Å². The molecule has 0 radical (unpaired) electrons. The van der Waals surface area contributed by atoms with Gasteiger partial charge in [0.2, 0.25) is 0 Å². The van der Waals surface area contributed by atoms with E-state index >= 15 is 0 Å². The van der Waals surface area contributed by atoms with Crippen LogP contribution < -0.4 is 0 Å². The normalized spacial score (nSPS) is 25.3. The van der Waals surface area contributed by atoms with Gasteiger partial charge in [-0.2, -0.15) is 0 Å². The zero-order valence-corrected chi connectivity index (χ0v) is 15.0. The van der Waals surface area contributed by atoms with E-state index in [4.69, 9.17) is 14.2 Å². The van der Waals surface area contributed by atoms with Crippen LogP contribution in [0.1, 0.15) is 17.0 Å². The van der Waals surface area contributed by atoms with Crippen LogP contribution in [0.5, 0.6) is 0 Å². The molecule has 3 aliphatic rings. The Morgan fingerprint density at radius 2 is 1.64 bits per heavy atom. The number of carbonyl (C=O) groups is 2. The van der Waals surface area contributed by atoms with Gasteiger partial charge in [-0.25, -0.2) is 9.59 Å². The molecule has 144 valence electrons. The van der Waals surface area contributed by atoms with Crippen LogP contribution >= 0.6 is 0 Å². The Hall–Kier alpha value is -2.90. The summed E-state index contributed by atoms with van der Waals surface area (Å²) in [7, 11) is 0. The minimum atomic E-state index is -1.08. The maximum atomic E-state index is 12.6. The highest BCUT2D eigenvalue weighted by Gasteiger charge is 2.47. The number of carbonyl (C=O) groups excluding carboxylic acids is 1. The summed E-state index contributed by atoms with van der Waals surface area (Å²) in [5.74, 6) is -1.10. The fourth-order valence-electron chi connectivity index (χ4n) is 4.30. The second kappa shape index (κ2) is 6.61. The highest BCUT2D eigenvalue weighted by atomic mass is 16.7. The molecule has 1 amide bonds. The molecule has 1 N–H and O–H groups in total. The predicted molar refractivity (Wildman–Crippen MR) is 97.8 cm³/mol. The number of aliphatic carboxylic acids is 1. The molecule has 2 aromatic carbocycles. The largest absolute Gasteiger partial charge is 0.479 e. The lowest BCUT2D eigenvalue weighted by atomic mass is 9.98. The Balaban J connectivity index is 1.30. The Kier molecular flexibility index (Phi) is 4.07. The summed E-state index contributed by atoms with van der Waals surface area (Å²) in [5, 5.41) is 9.18. The lowest BCUT2D eigenvalue weighted by Gasteiger charge is -2.30. The monoisotopic (exact) mass is 381 g/mol. The molecule has 7 heteroatoms. The molecule has 7 nitrogen and oxygen atoms in total. The molecule has 28 heavy (non-hydrogen) atoms. The predicted octanol–water partition coefficient (Wildman–Crippen LogP) is 2.45. The van der Waals surface area contributed by atoms with Gasteiger partial charge in [0.1, 0.15) is 12.7 Å². The van der Waals surface area contributed by atoms with E-state index in [1.165, 1.54) is 16.0 Å². The van der Waals surface area contributed by atoms with Crippen molar-refractivity contribution in [2.45, 2.75) is 24.4 Å². The van der Waals surface area contributed by atoms with Crippen LogP contribution in [0.3, 0.4) is 0 Å². The van der Waals surface area contributed by atoms with Crippen LogP contribution in [0.25, 0.3) is 11.1 Å². The minimum absolute atomic E-state index is 0.0165. The summed E-state index contributed by atoms with van der Waals surface area (Å²) in [5.41, 5.74) is 4.63. The average molecular weight is 381 g/mol. The molecular weight excluding hydrogens is 362 g/mol. The molecule has 0 spiro atoms. The third kappa shape index (κ3) is 2.75. The number of ether oxygens (including phenoxy) is 3. The van der Waals surface area contributed by atoms with E-state index in [0.717, 1.165) is 11.1 Å². The molecule has 2 bridgehead atoms. The number of rotatable bonds is 3. The van der Waals surface area contributed by atoms with Crippen molar-refractivity contribution in [1.29, 1.82) is 0 Å². The summed E-state index contributed by atoms with van der Waals surface area (Å²) in [4.78, 5) is 25.3. The van der Waals surface area contributed by atoms with Gasteiger partial charge in [-0.15, -0.1) is 0 Å². The quantitative estimate of drug-likeness (QED) is 0.879. The topological polar surface area (TPSA) is 85.3 Å². The minimum Gasteiger partial charge on any atom is -0.479 e. The second-order valence-corrected chi connectivity index (χ2v) is 7.21. The van der Waals surface area contributed by atoms with E-state index in [9.17, 15) is 14.7 Å². The van der Waals surface area contributed by atoms with Crippen molar-refractivity contribution in [3.8, 4) is 11.1 Å². The molecule has 5 rings (SSSR count). The molecule has 3 atom stereocenters. The van der Waals surface area contributed by atoms with Crippen molar-refractivity contribution in [2.24, 2.45) is 0 Å². The summed E-state index contributed by atoms with van der Waals surface area (Å²) >= 11 is 0. The molecule has 0 aromatic heterocycles. The average Bonchev–Trinajstić information content (AvgIpc) is 3.20. The van der Waals surface area contributed by atoms with Crippen LogP contribution in [-0.4, -0.2) is 60.3 Å². The zero-order chi connectivity index (χ0) is 19.3. The fraction of sp³-hybridized carbons (Fsp3) is 0.333. The van der Waals surface area contributed by atoms with Crippen molar-refractivity contribution in [3.05, 3.63) is 59.7 Å². The van der Waals surface area contributed by atoms with E-state index < -0.39 is 30.6 Å². The van der Waals surface area contributed by atoms with Crippen LogP contribution in [0, 0.1) is 0 Å². The van der Waals surface area contributed by atoms with Gasteiger partial charge in [0.25, 0.3) is 0 Å². The molecular formula is C21H19NO6. The number of fused-ring (bicyclic) bond motifs is 5. The Bertz CT molecular complexity index is 898. The van der Waals surface area contributed by atoms with Gasteiger partial charge in [0.05, 0.1) is 13.1 Å². The Morgan fingerprint density at radius 3 is 2.29 bits per heavy atom. The molecule has 2 saturated heterocycles. The molecule has 2 fully saturated rings. The number of carboxylic acid groups (broad SMARTS) is 1. The van der Waals surface area contributed by atoms with E-state index in [2.05, 4.69) is 24.3 Å². The first-order valence-corrected chi connectivity index (χ1v) is 9.25. The van der Waals surface area contributed by atoms with Gasteiger partial charge < -0.3 is 24.2 Å². The maximum Gasteiger partial charge on any atom is 0.410 e. The highest BCUT2D eigenvalue weighted by molar-refractivity contribution is 5.79. The number of benzene rings is 2. The molecule has 0 saturated carbocycles. The Morgan fingerprint density at radius 1 is 1.00 bits per heavy atom. The SMILES string of the molecule is O=C(O)[C@H]1O[C@@H]2CN(C(=O)OCC3c4ccccc4-c4ccccc43)C[C@H]1O2. The van der Waals surface area contributed by atoms with Crippen LogP contribution in [0.2, 0.25) is 0 Å². The van der Waals surface area contributed by atoms with E-state index in [1.54, 1.807) is 0 Å².